The van der Waals surface area contributed by atoms with E-state index in [1.807, 2.05) is 13.8 Å². The van der Waals surface area contributed by atoms with Crippen LogP contribution in [0.15, 0.2) is 16.8 Å². The summed E-state index contributed by atoms with van der Waals surface area (Å²) in [5.41, 5.74) is 6.40. The highest BCUT2D eigenvalue weighted by Crippen LogP contribution is 2.07. The van der Waals surface area contributed by atoms with Crippen LogP contribution < -0.4 is 5.73 Å². The topological polar surface area (TPSA) is 38.4 Å². The Morgan fingerprint density at radius 1 is 1.60 bits per heavy atom. The van der Waals surface area contributed by atoms with Gasteiger partial charge < -0.3 is 5.73 Å². The maximum absolute atomic E-state index is 5.34. The number of hydrogen-bond donors (Lipinski definition) is 1. The number of allylic oxidation sites excluding steroid dienone is 1. The molecule has 0 saturated heterocycles. The Bertz CT molecular complexity index is 150. The van der Waals surface area contributed by atoms with Gasteiger partial charge in [-0.15, -0.1) is 0 Å². The number of rotatable bonds is 3. The van der Waals surface area contributed by atoms with Gasteiger partial charge in [-0.05, 0) is 41.0 Å². The third kappa shape index (κ3) is 3.01. The van der Waals surface area contributed by atoms with Gasteiger partial charge in [-0.25, -0.2) is 0 Å². The van der Waals surface area contributed by atoms with Crippen LogP contribution >= 0.6 is 15.9 Å². The lowest BCUT2D eigenvalue weighted by atomic mass is 10.2. The maximum atomic E-state index is 5.34. The Morgan fingerprint density at radius 2 is 2.20 bits per heavy atom. The molecule has 0 radical (unpaired) electrons. The van der Waals surface area contributed by atoms with E-state index in [0.29, 0.717) is 0 Å². The van der Waals surface area contributed by atoms with E-state index in [9.17, 15) is 0 Å². The fourth-order valence-corrected chi connectivity index (χ4v) is 1.24. The van der Waals surface area contributed by atoms with E-state index in [1.54, 1.807) is 6.20 Å². The molecule has 0 spiro atoms. The second kappa shape index (κ2) is 5.47. The first-order valence-corrected chi connectivity index (χ1v) is 4.16. The minimum absolute atomic E-state index is 0.790. The summed E-state index contributed by atoms with van der Waals surface area (Å²) in [4.78, 5) is 4.15. The minimum atomic E-state index is 0.790. The van der Waals surface area contributed by atoms with Crippen molar-refractivity contribution in [2.24, 2.45) is 10.7 Å². The molecule has 0 saturated carbocycles. The number of halogens is 1. The van der Waals surface area contributed by atoms with Crippen LogP contribution in [0, 0.1) is 0 Å². The molecule has 0 aliphatic carbocycles. The normalized spacial score (nSPS) is 13.9. The molecule has 0 aromatic heterocycles. The van der Waals surface area contributed by atoms with Crippen molar-refractivity contribution in [1.29, 1.82) is 0 Å². The molecule has 0 aliphatic rings. The zero-order valence-corrected chi connectivity index (χ0v) is 7.98. The standard InChI is InChI=1S/C7H13BrN2/c1-3-6(5-9)7(8)10-4-2/h5H,3-4,9H2,1-2H3. The average Bonchev–Trinajstić information content (AvgIpc) is 1.91. The molecule has 0 aromatic rings. The molecule has 2 nitrogen and oxygen atoms in total. The second-order valence-electron chi connectivity index (χ2n) is 1.81. The van der Waals surface area contributed by atoms with Crippen LogP contribution in [-0.4, -0.2) is 11.2 Å². The number of hydrogen-bond acceptors (Lipinski definition) is 2. The van der Waals surface area contributed by atoms with Gasteiger partial charge in [-0.2, -0.15) is 0 Å². The molecule has 0 unspecified atom stereocenters. The van der Waals surface area contributed by atoms with Gasteiger partial charge in [-0.1, -0.05) is 6.92 Å². The minimum Gasteiger partial charge on any atom is -0.404 e. The van der Waals surface area contributed by atoms with E-state index in [1.165, 1.54) is 0 Å². The van der Waals surface area contributed by atoms with Crippen LogP contribution in [0.2, 0.25) is 0 Å². The van der Waals surface area contributed by atoms with Crippen LogP contribution in [0.1, 0.15) is 20.3 Å². The summed E-state index contributed by atoms with van der Waals surface area (Å²) < 4.78 is 0.875. The third-order valence-corrected chi connectivity index (χ3v) is 1.90. The highest BCUT2D eigenvalue weighted by Gasteiger charge is 1.97. The maximum Gasteiger partial charge on any atom is 0.105 e. The predicted octanol–water partition coefficient (Wildman–Crippen LogP) is 2.05. The van der Waals surface area contributed by atoms with Crippen LogP contribution in [0.25, 0.3) is 0 Å². The smallest absolute Gasteiger partial charge is 0.105 e. The summed E-state index contributed by atoms with van der Waals surface area (Å²) in [5.74, 6) is 0. The predicted molar refractivity (Wildman–Crippen MR) is 49.5 cm³/mol. The van der Waals surface area contributed by atoms with E-state index in [4.69, 9.17) is 5.73 Å². The number of nitrogens with zero attached hydrogens (tertiary/aromatic N) is 1. The molecule has 10 heavy (non-hydrogen) atoms. The lowest BCUT2D eigenvalue weighted by Crippen LogP contribution is -1.96. The molecule has 0 heterocycles. The van der Waals surface area contributed by atoms with E-state index in [0.717, 1.165) is 23.2 Å². The molecule has 0 fully saturated rings. The van der Waals surface area contributed by atoms with Gasteiger partial charge in [0.05, 0.1) is 0 Å². The molecule has 0 rings (SSSR count). The molecule has 0 aliphatic heterocycles. The molecule has 2 N–H and O–H groups in total. The zero-order chi connectivity index (χ0) is 7.98. The first-order chi connectivity index (χ1) is 4.76. The van der Waals surface area contributed by atoms with Gasteiger partial charge in [0.25, 0.3) is 0 Å². The largest absolute Gasteiger partial charge is 0.404 e. The monoisotopic (exact) mass is 204 g/mol. The van der Waals surface area contributed by atoms with Crippen molar-refractivity contribution in [1.82, 2.24) is 0 Å². The van der Waals surface area contributed by atoms with Gasteiger partial charge in [0.1, 0.15) is 4.62 Å². The lowest BCUT2D eigenvalue weighted by molar-refractivity contribution is 1.11. The van der Waals surface area contributed by atoms with Crippen molar-refractivity contribution in [3.8, 4) is 0 Å². The SMILES string of the molecule is CCN=C(Br)C(=CN)CC. The molecular formula is C7H13BrN2. The Hall–Kier alpha value is -0.310. The van der Waals surface area contributed by atoms with Crippen LogP contribution in [0.5, 0.6) is 0 Å². The van der Waals surface area contributed by atoms with E-state index in [-0.39, 0.29) is 0 Å². The van der Waals surface area contributed by atoms with E-state index in [2.05, 4.69) is 20.9 Å². The summed E-state index contributed by atoms with van der Waals surface area (Å²) in [6.07, 6.45) is 2.50. The highest BCUT2D eigenvalue weighted by atomic mass is 79.9. The molecular weight excluding hydrogens is 192 g/mol. The lowest BCUT2D eigenvalue weighted by Gasteiger charge is -1.98. The summed E-state index contributed by atoms with van der Waals surface area (Å²) in [6.45, 7) is 4.83. The van der Waals surface area contributed by atoms with Crippen molar-refractivity contribution in [2.45, 2.75) is 20.3 Å². The van der Waals surface area contributed by atoms with E-state index < -0.39 is 0 Å². The molecule has 0 atom stereocenters. The fraction of sp³-hybridized carbons (Fsp3) is 0.571. The van der Waals surface area contributed by atoms with Gasteiger partial charge in [-0.3, -0.25) is 4.99 Å². The molecule has 0 aromatic carbocycles. The van der Waals surface area contributed by atoms with Crippen molar-refractivity contribution in [2.75, 3.05) is 6.54 Å². The second-order valence-corrected chi connectivity index (χ2v) is 2.56. The Kier molecular flexibility index (Phi) is 5.30. The zero-order valence-electron chi connectivity index (χ0n) is 6.39. The molecule has 3 heteroatoms. The van der Waals surface area contributed by atoms with Gasteiger partial charge in [0.2, 0.25) is 0 Å². The first-order valence-electron chi connectivity index (χ1n) is 3.37. The van der Waals surface area contributed by atoms with Gasteiger partial charge in [0.15, 0.2) is 0 Å². The van der Waals surface area contributed by atoms with Crippen molar-refractivity contribution in [3.05, 3.63) is 11.8 Å². The highest BCUT2D eigenvalue weighted by molar-refractivity contribution is 9.18. The van der Waals surface area contributed by atoms with E-state index >= 15 is 0 Å². The first kappa shape index (κ1) is 9.69. The summed E-state index contributed by atoms with van der Waals surface area (Å²) in [6, 6.07) is 0. The van der Waals surface area contributed by atoms with Crippen LogP contribution in [0.4, 0.5) is 0 Å². The fourth-order valence-electron chi connectivity index (χ4n) is 0.573. The van der Waals surface area contributed by atoms with Crippen LogP contribution in [0.3, 0.4) is 0 Å². The number of aliphatic imine (C=N–C) groups is 1. The molecule has 0 amide bonds. The van der Waals surface area contributed by atoms with Crippen molar-refractivity contribution >= 4 is 20.6 Å². The Labute approximate surface area is 70.3 Å². The van der Waals surface area contributed by atoms with Gasteiger partial charge in [0, 0.05) is 6.54 Å². The average molecular weight is 205 g/mol. The Balaban J connectivity index is 4.16. The third-order valence-electron chi connectivity index (χ3n) is 1.14. The summed E-state index contributed by atoms with van der Waals surface area (Å²) in [5, 5.41) is 0. The van der Waals surface area contributed by atoms with Gasteiger partial charge >= 0.3 is 0 Å². The van der Waals surface area contributed by atoms with Crippen molar-refractivity contribution in [3.63, 3.8) is 0 Å². The summed E-state index contributed by atoms with van der Waals surface area (Å²) in [7, 11) is 0. The summed E-state index contributed by atoms with van der Waals surface area (Å²) >= 11 is 3.33. The Morgan fingerprint density at radius 3 is 2.50 bits per heavy atom. The van der Waals surface area contributed by atoms with Crippen molar-refractivity contribution < 1.29 is 0 Å². The number of nitrogens with two attached hydrogens (primary N) is 1. The molecule has 0 bridgehead atoms. The van der Waals surface area contributed by atoms with Crippen LogP contribution in [-0.2, 0) is 0 Å². The quantitative estimate of drug-likeness (QED) is 0.703. The molecule has 58 valence electrons.